The Morgan fingerprint density at radius 3 is 2.52 bits per heavy atom. The lowest BCUT2D eigenvalue weighted by Gasteiger charge is -2.22. The number of hydrogen-bond acceptors (Lipinski definition) is 3. The van der Waals surface area contributed by atoms with Crippen LogP contribution in [0.5, 0.6) is 5.75 Å². The van der Waals surface area contributed by atoms with Crippen molar-refractivity contribution in [3.8, 4) is 5.75 Å². The average molecular weight is 284 g/mol. The molecule has 3 heteroatoms. The fourth-order valence-electron chi connectivity index (χ4n) is 2.00. The average Bonchev–Trinajstić information content (AvgIpc) is 2.46. The molecule has 21 heavy (non-hydrogen) atoms. The molecule has 2 rings (SSSR count). The van der Waals surface area contributed by atoms with Crippen molar-refractivity contribution in [3.63, 3.8) is 0 Å². The van der Waals surface area contributed by atoms with Gasteiger partial charge in [-0.1, -0.05) is 30.3 Å². The van der Waals surface area contributed by atoms with Gasteiger partial charge in [0.15, 0.2) is 0 Å². The van der Waals surface area contributed by atoms with Gasteiger partial charge < -0.3 is 10.1 Å². The molecule has 1 N–H and O–H groups in total. The molecular weight excluding hydrogens is 260 g/mol. The zero-order chi connectivity index (χ0) is 15.3. The van der Waals surface area contributed by atoms with Crippen LogP contribution >= 0.6 is 0 Å². The molecule has 112 valence electrons. The molecule has 1 unspecified atom stereocenters. The molecule has 1 atom stereocenters. The van der Waals surface area contributed by atoms with Crippen molar-refractivity contribution in [2.75, 3.05) is 0 Å². The van der Waals surface area contributed by atoms with E-state index in [1.807, 2.05) is 24.3 Å². The molecule has 1 heterocycles. The first-order valence-corrected chi connectivity index (χ1v) is 7.35. The molecule has 0 aliphatic carbocycles. The third kappa shape index (κ3) is 4.87. The highest BCUT2D eigenvalue weighted by Crippen LogP contribution is 2.24. The van der Waals surface area contributed by atoms with E-state index in [0.29, 0.717) is 0 Å². The van der Waals surface area contributed by atoms with Crippen molar-refractivity contribution in [1.29, 1.82) is 0 Å². The minimum atomic E-state index is 0.00351. The van der Waals surface area contributed by atoms with Gasteiger partial charge in [0.2, 0.25) is 0 Å². The lowest BCUT2D eigenvalue weighted by molar-refractivity contribution is 0.222. The Morgan fingerprint density at radius 1 is 1.14 bits per heavy atom. The third-order valence-corrected chi connectivity index (χ3v) is 3.25. The van der Waals surface area contributed by atoms with Crippen molar-refractivity contribution < 1.29 is 4.74 Å². The van der Waals surface area contributed by atoms with Gasteiger partial charge in [-0.2, -0.15) is 0 Å². The van der Waals surface area contributed by atoms with Crippen LogP contribution < -0.4 is 10.1 Å². The van der Waals surface area contributed by atoms with Gasteiger partial charge in [-0.05, 0) is 39.3 Å². The maximum atomic E-state index is 6.09. The smallest absolute Gasteiger partial charge is 0.142 e. The van der Waals surface area contributed by atoms with Gasteiger partial charge in [-0.25, -0.2) is 0 Å². The second-order valence-electron chi connectivity index (χ2n) is 6.26. The predicted octanol–water partition coefficient (Wildman–Crippen LogP) is 4.11. The number of aromatic nitrogens is 1. The highest BCUT2D eigenvalue weighted by Gasteiger charge is 2.13. The third-order valence-electron chi connectivity index (χ3n) is 3.25. The van der Waals surface area contributed by atoms with Crippen LogP contribution in [0.25, 0.3) is 0 Å². The van der Waals surface area contributed by atoms with E-state index in [1.165, 1.54) is 0 Å². The molecule has 0 radical (unpaired) electrons. The van der Waals surface area contributed by atoms with Crippen molar-refractivity contribution in [1.82, 2.24) is 10.3 Å². The minimum Gasteiger partial charge on any atom is -0.484 e. The van der Waals surface area contributed by atoms with Crippen LogP contribution in [0.15, 0.2) is 48.8 Å². The minimum absolute atomic E-state index is 0.00351. The Bertz CT molecular complexity index is 561. The normalized spacial score (nSPS) is 13.0. The first-order valence-electron chi connectivity index (χ1n) is 7.35. The summed E-state index contributed by atoms with van der Waals surface area (Å²) in [5.74, 6) is 0.839. The summed E-state index contributed by atoms with van der Waals surface area (Å²) in [6, 6.07) is 12.2. The van der Waals surface area contributed by atoms with Gasteiger partial charge in [0.1, 0.15) is 11.9 Å². The highest BCUT2D eigenvalue weighted by atomic mass is 16.5. The van der Waals surface area contributed by atoms with Crippen LogP contribution in [0, 0.1) is 0 Å². The molecule has 3 nitrogen and oxygen atoms in total. The number of hydrogen-bond donors (Lipinski definition) is 1. The summed E-state index contributed by atoms with van der Waals surface area (Å²) in [6.45, 7) is 9.29. The van der Waals surface area contributed by atoms with Crippen molar-refractivity contribution in [3.05, 3.63) is 59.9 Å². The van der Waals surface area contributed by atoms with E-state index in [2.05, 4.69) is 50.1 Å². The van der Waals surface area contributed by atoms with E-state index in [9.17, 15) is 0 Å². The van der Waals surface area contributed by atoms with Crippen molar-refractivity contribution in [2.45, 2.75) is 45.9 Å². The second kappa shape index (κ2) is 6.72. The molecule has 0 bridgehead atoms. The highest BCUT2D eigenvalue weighted by molar-refractivity contribution is 5.31. The van der Waals surface area contributed by atoms with E-state index in [-0.39, 0.29) is 11.6 Å². The van der Waals surface area contributed by atoms with Crippen LogP contribution in [0.4, 0.5) is 0 Å². The SMILES string of the molecule is CC(Oc1cnccc1CNC(C)(C)C)c1ccccc1. The molecule has 1 aromatic heterocycles. The van der Waals surface area contributed by atoms with Gasteiger partial charge in [0.25, 0.3) is 0 Å². The summed E-state index contributed by atoms with van der Waals surface area (Å²) in [5.41, 5.74) is 2.37. The van der Waals surface area contributed by atoms with Crippen LogP contribution in [0.1, 0.15) is 44.9 Å². The number of benzene rings is 1. The number of ether oxygens (including phenoxy) is 1. The Labute approximate surface area is 127 Å². The second-order valence-corrected chi connectivity index (χ2v) is 6.26. The monoisotopic (exact) mass is 284 g/mol. The molecule has 0 aliphatic heterocycles. The molecule has 1 aromatic carbocycles. The Kier molecular flexibility index (Phi) is 4.97. The lowest BCUT2D eigenvalue weighted by atomic mass is 10.1. The Morgan fingerprint density at radius 2 is 1.86 bits per heavy atom. The largest absolute Gasteiger partial charge is 0.484 e. The standard InChI is InChI=1S/C18H24N2O/c1-14(15-8-6-5-7-9-15)21-17-13-19-11-10-16(17)12-20-18(2,3)4/h5-11,13-14,20H,12H2,1-4H3. The zero-order valence-electron chi connectivity index (χ0n) is 13.3. The van der Waals surface area contributed by atoms with Gasteiger partial charge in [-0.3, -0.25) is 4.98 Å². The molecule has 0 fully saturated rings. The van der Waals surface area contributed by atoms with Crippen molar-refractivity contribution in [2.24, 2.45) is 0 Å². The topological polar surface area (TPSA) is 34.1 Å². The molecule has 0 saturated carbocycles. The summed E-state index contributed by atoms with van der Waals surface area (Å²) >= 11 is 0. The zero-order valence-corrected chi connectivity index (χ0v) is 13.3. The molecule has 0 spiro atoms. The predicted molar refractivity (Wildman–Crippen MR) is 86.3 cm³/mol. The van der Waals surface area contributed by atoms with Gasteiger partial charge >= 0.3 is 0 Å². The number of rotatable bonds is 5. The van der Waals surface area contributed by atoms with Crippen LogP contribution in [-0.2, 0) is 6.54 Å². The molecule has 0 amide bonds. The van der Waals surface area contributed by atoms with E-state index in [1.54, 1.807) is 12.4 Å². The summed E-state index contributed by atoms with van der Waals surface area (Å²) in [6.07, 6.45) is 3.60. The summed E-state index contributed by atoms with van der Waals surface area (Å²) in [5, 5.41) is 3.48. The lowest BCUT2D eigenvalue weighted by Crippen LogP contribution is -2.35. The van der Waals surface area contributed by atoms with E-state index in [4.69, 9.17) is 4.74 Å². The summed E-state index contributed by atoms with van der Waals surface area (Å²) in [4.78, 5) is 4.18. The Balaban J connectivity index is 2.09. The van der Waals surface area contributed by atoms with Crippen LogP contribution in [-0.4, -0.2) is 10.5 Å². The van der Waals surface area contributed by atoms with E-state index >= 15 is 0 Å². The molecule has 2 aromatic rings. The maximum Gasteiger partial charge on any atom is 0.142 e. The number of nitrogens with zero attached hydrogens (tertiary/aromatic N) is 1. The quantitative estimate of drug-likeness (QED) is 0.897. The van der Waals surface area contributed by atoms with Gasteiger partial charge in [0.05, 0.1) is 6.20 Å². The Hall–Kier alpha value is -1.87. The van der Waals surface area contributed by atoms with Crippen LogP contribution in [0.2, 0.25) is 0 Å². The van der Waals surface area contributed by atoms with Gasteiger partial charge in [0, 0.05) is 23.8 Å². The van der Waals surface area contributed by atoms with E-state index < -0.39 is 0 Å². The number of pyridine rings is 1. The van der Waals surface area contributed by atoms with Crippen LogP contribution in [0.3, 0.4) is 0 Å². The first kappa shape index (κ1) is 15.5. The summed E-state index contributed by atoms with van der Waals surface area (Å²) < 4.78 is 6.09. The number of nitrogens with one attached hydrogen (secondary N) is 1. The van der Waals surface area contributed by atoms with E-state index in [0.717, 1.165) is 23.4 Å². The fourth-order valence-corrected chi connectivity index (χ4v) is 2.00. The maximum absolute atomic E-state index is 6.09. The molecular formula is C18H24N2O. The van der Waals surface area contributed by atoms with Crippen molar-refractivity contribution >= 4 is 0 Å². The first-order chi connectivity index (χ1) is 9.96. The fraction of sp³-hybridized carbons (Fsp3) is 0.389. The van der Waals surface area contributed by atoms with Gasteiger partial charge in [-0.15, -0.1) is 0 Å². The molecule has 0 saturated heterocycles. The summed E-state index contributed by atoms with van der Waals surface area (Å²) in [7, 11) is 0. The molecule has 0 aliphatic rings.